The lowest BCUT2D eigenvalue weighted by Gasteiger charge is -2.12. The number of carbonyl (C=O) groups is 2. The highest BCUT2D eigenvalue weighted by atomic mass is 32.2. The summed E-state index contributed by atoms with van der Waals surface area (Å²) < 4.78 is 12.5. The first-order chi connectivity index (χ1) is 15.0. The molecule has 0 aliphatic carbocycles. The first kappa shape index (κ1) is 21.6. The number of rotatable bonds is 6. The summed E-state index contributed by atoms with van der Waals surface area (Å²) in [4.78, 5) is 24.9. The van der Waals surface area contributed by atoms with Crippen molar-refractivity contribution < 1.29 is 19.1 Å². The molecule has 2 saturated heterocycles. The van der Waals surface area contributed by atoms with Gasteiger partial charge in [0.05, 0.1) is 9.81 Å². The van der Waals surface area contributed by atoms with E-state index in [1.807, 2.05) is 36.4 Å². The molecule has 31 heavy (non-hydrogen) atoms. The average Bonchev–Trinajstić information content (AvgIpc) is 3.23. The highest BCUT2D eigenvalue weighted by Crippen LogP contribution is 2.31. The molecule has 0 unspecified atom stereocenters. The van der Waals surface area contributed by atoms with E-state index in [0.717, 1.165) is 11.1 Å². The summed E-state index contributed by atoms with van der Waals surface area (Å²) in [6.45, 7) is -0.0596. The van der Waals surface area contributed by atoms with Crippen molar-refractivity contribution >= 4 is 80.6 Å². The number of ether oxygens (including phenoxy) is 2. The molecule has 2 amide bonds. The Balaban J connectivity index is 1.47. The van der Waals surface area contributed by atoms with Crippen molar-refractivity contribution in [1.29, 1.82) is 0 Å². The number of nitrogens with one attached hydrogen (secondary N) is 2. The van der Waals surface area contributed by atoms with Crippen LogP contribution in [0.5, 0.6) is 11.5 Å². The van der Waals surface area contributed by atoms with Crippen molar-refractivity contribution in [3.05, 3.63) is 69.5 Å². The first-order valence-electron chi connectivity index (χ1n) is 8.93. The number of carbonyl (C=O) groups excluding carboxylic acids is 2. The van der Waals surface area contributed by atoms with E-state index in [2.05, 4.69) is 10.6 Å². The Labute approximate surface area is 197 Å². The molecule has 6 nitrogen and oxygen atoms in total. The van der Waals surface area contributed by atoms with Gasteiger partial charge in [0.25, 0.3) is 11.8 Å². The van der Waals surface area contributed by atoms with Crippen LogP contribution in [0.15, 0.2) is 58.3 Å². The second-order valence-corrected chi connectivity index (χ2v) is 9.62. The lowest BCUT2D eigenvalue weighted by Crippen LogP contribution is -2.17. The minimum Gasteiger partial charge on any atom is -0.457 e. The third-order valence-electron chi connectivity index (χ3n) is 4.12. The number of thiocarbonyl (C=S) groups is 2. The molecule has 2 N–H and O–H groups in total. The molecule has 2 aromatic carbocycles. The van der Waals surface area contributed by atoms with Crippen LogP contribution in [0.4, 0.5) is 0 Å². The molecule has 0 radical (unpaired) electrons. The van der Waals surface area contributed by atoms with Crippen molar-refractivity contribution in [2.45, 2.75) is 0 Å². The van der Waals surface area contributed by atoms with E-state index >= 15 is 0 Å². The molecule has 4 rings (SSSR count). The minimum atomic E-state index is -0.226. The number of benzene rings is 2. The smallest absolute Gasteiger partial charge is 0.263 e. The van der Waals surface area contributed by atoms with Gasteiger partial charge in [-0.25, -0.2) is 0 Å². The van der Waals surface area contributed by atoms with Crippen molar-refractivity contribution in [3.8, 4) is 11.5 Å². The highest BCUT2D eigenvalue weighted by Gasteiger charge is 2.23. The van der Waals surface area contributed by atoms with Crippen molar-refractivity contribution in [3.63, 3.8) is 0 Å². The van der Waals surface area contributed by atoms with E-state index in [1.54, 1.807) is 24.3 Å². The molecule has 2 fully saturated rings. The number of thioether (sulfide) groups is 2. The van der Waals surface area contributed by atoms with E-state index in [1.165, 1.54) is 23.5 Å². The maximum atomic E-state index is 11.9. The Morgan fingerprint density at radius 2 is 1.16 bits per heavy atom. The summed E-state index contributed by atoms with van der Waals surface area (Å²) >= 11 is 12.5. The third-order valence-corrected chi connectivity index (χ3v) is 6.45. The summed E-state index contributed by atoms with van der Waals surface area (Å²) in [5, 5.41) is 5.18. The molecule has 0 aromatic heterocycles. The van der Waals surface area contributed by atoms with Crippen LogP contribution in [0.3, 0.4) is 0 Å². The van der Waals surface area contributed by atoms with Gasteiger partial charge >= 0.3 is 0 Å². The second-order valence-electron chi connectivity index (χ2n) is 6.19. The van der Waals surface area contributed by atoms with Gasteiger partial charge in [0.15, 0.2) is 0 Å². The predicted molar refractivity (Wildman–Crippen MR) is 132 cm³/mol. The van der Waals surface area contributed by atoms with E-state index in [-0.39, 0.29) is 18.6 Å². The fourth-order valence-corrected chi connectivity index (χ4v) is 4.81. The molecule has 2 heterocycles. The van der Waals surface area contributed by atoms with Gasteiger partial charge in [0.1, 0.15) is 20.1 Å². The average molecular weight is 487 g/mol. The predicted octanol–water partition coefficient (Wildman–Crippen LogP) is 4.08. The molecular weight excluding hydrogens is 473 g/mol. The van der Waals surface area contributed by atoms with Gasteiger partial charge in [-0.1, -0.05) is 84.4 Å². The lowest BCUT2D eigenvalue weighted by molar-refractivity contribution is -0.116. The van der Waals surface area contributed by atoms with E-state index in [4.69, 9.17) is 33.9 Å². The molecule has 2 aliphatic heterocycles. The Morgan fingerprint density at radius 1 is 0.742 bits per heavy atom. The quantitative estimate of drug-likeness (QED) is 0.359. The molecule has 2 aliphatic rings. The summed E-state index contributed by atoms with van der Waals surface area (Å²) in [5.74, 6) is 0.675. The van der Waals surface area contributed by atoms with Crippen molar-refractivity contribution in [2.24, 2.45) is 0 Å². The third kappa shape index (κ3) is 5.34. The van der Waals surface area contributed by atoms with Crippen molar-refractivity contribution in [2.75, 3.05) is 6.79 Å². The zero-order valence-electron chi connectivity index (χ0n) is 15.7. The standard InChI is InChI=1S/C21H14N2O4S4/c24-18-16(30-20(28)22-18)9-12-5-1-3-7-14(12)26-11-27-15-8-4-2-6-13(15)10-17-19(25)23-21(29)31-17/h1-10H,11H2,(H,22,24,28)(H,23,25,29)/b16-9-,17-10+. The van der Waals surface area contributed by atoms with Crippen molar-refractivity contribution in [1.82, 2.24) is 10.6 Å². The Bertz CT molecular complexity index is 1070. The van der Waals surface area contributed by atoms with Gasteiger partial charge in [0.2, 0.25) is 6.79 Å². The minimum absolute atomic E-state index is 0.0596. The molecule has 0 saturated carbocycles. The SMILES string of the molecule is O=C1NC(=S)S/C1=C\c1ccccc1OCOc1ccccc1/C=C1/SC(=S)NC1=O. The second kappa shape index (κ2) is 9.65. The summed E-state index contributed by atoms with van der Waals surface area (Å²) in [7, 11) is 0. The Hall–Kier alpha value is -2.66. The number of para-hydroxylation sites is 2. The summed E-state index contributed by atoms with van der Waals surface area (Å²) in [6, 6.07) is 14.6. The van der Waals surface area contributed by atoms with E-state index in [9.17, 15) is 9.59 Å². The van der Waals surface area contributed by atoms with Crippen LogP contribution in [0.1, 0.15) is 11.1 Å². The zero-order valence-corrected chi connectivity index (χ0v) is 19.0. The molecule has 0 spiro atoms. The van der Waals surface area contributed by atoms with Gasteiger partial charge in [0, 0.05) is 11.1 Å². The maximum Gasteiger partial charge on any atom is 0.263 e. The van der Waals surface area contributed by atoms with Gasteiger partial charge < -0.3 is 20.1 Å². The van der Waals surface area contributed by atoms with Crippen LogP contribution < -0.4 is 20.1 Å². The van der Waals surface area contributed by atoms with E-state index in [0.29, 0.717) is 30.0 Å². The van der Waals surface area contributed by atoms with Gasteiger partial charge in [-0.05, 0) is 24.3 Å². The fraction of sp³-hybridized carbons (Fsp3) is 0.0476. The molecular formula is C21H14N2O4S4. The van der Waals surface area contributed by atoms with Crippen LogP contribution in [-0.4, -0.2) is 27.2 Å². The Morgan fingerprint density at radius 3 is 1.55 bits per heavy atom. The molecule has 156 valence electrons. The largest absolute Gasteiger partial charge is 0.457 e. The molecule has 2 aromatic rings. The molecule has 0 atom stereocenters. The van der Waals surface area contributed by atoms with Crippen LogP contribution >= 0.6 is 48.0 Å². The number of hydrogen-bond donors (Lipinski definition) is 2. The normalized spacial score (nSPS) is 18.5. The van der Waals surface area contributed by atoms with Crippen LogP contribution in [0.2, 0.25) is 0 Å². The van der Waals surface area contributed by atoms with Crippen LogP contribution in [0.25, 0.3) is 12.2 Å². The van der Waals surface area contributed by atoms with Gasteiger partial charge in [-0.3, -0.25) is 9.59 Å². The number of hydrogen-bond acceptors (Lipinski definition) is 8. The lowest BCUT2D eigenvalue weighted by atomic mass is 10.2. The summed E-state index contributed by atoms with van der Waals surface area (Å²) in [6.07, 6.45) is 3.46. The molecule has 10 heteroatoms. The fourth-order valence-electron chi connectivity index (χ4n) is 2.74. The van der Waals surface area contributed by atoms with Crippen LogP contribution in [-0.2, 0) is 9.59 Å². The Kier molecular flexibility index (Phi) is 6.71. The zero-order chi connectivity index (χ0) is 21.8. The maximum absolute atomic E-state index is 11.9. The topological polar surface area (TPSA) is 76.7 Å². The van der Waals surface area contributed by atoms with Crippen LogP contribution in [0, 0.1) is 0 Å². The molecule has 0 bridgehead atoms. The van der Waals surface area contributed by atoms with Gasteiger partial charge in [-0.2, -0.15) is 0 Å². The number of amides is 2. The van der Waals surface area contributed by atoms with Gasteiger partial charge in [-0.15, -0.1) is 0 Å². The van der Waals surface area contributed by atoms with E-state index < -0.39 is 0 Å². The monoisotopic (exact) mass is 486 g/mol. The highest BCUT2D eigenvalue weighted by molar-refractivity contribution is 8.27. The first-order valence-corrected chi connectivity index (χ1v) is 11.4. The summed E-state index contributed by atoms with van der Waals surface area (Å²) in [5.41, 5.74) is 1.47.